The maximum atomic E-state index is 4.46. The number of rotatable bonds is 6. The minimum Gasteiger partial charge on any atom is -0.306 e. The Morgan fingerprint density at radius 1 is 1.16 bits per heavy atom. The minimum atomic E-state index is 0.842. The summed E-state index contributed by atoms with van der Waals surface area (Å²) in [6.07, 6.45) is 0. The Morgan fingerprint density at radius 2 is 1.89 bits per heavy atom. The van der Waals surface area contributed by atoms with Crippen LogP contribution in [0.2, 0.25) is 0 Å². The Labute approximate surface area is 119 Å². The summed E-state index contributed by atoms with van der Waals surface area (Å²) in [5, 5.41) is 6.72. The summed E-state index contributed by atoms with van der Waals surface area (Å²) in [7, 11) is 4.20. The maximum Gasteiger partial charge on any atom is 0.107 e. The molecule has 102 valence electrons. The molecule has 0 aliphatic rings. The molecule has 1 heterocycles. The largest absolute Gasteiger partial charge is 0.306 e. The van der Waals surface area contributed by atoms with Crippen LogP contribution in [0.5, 0.6) is 0 Å². The molecule has 1 aromatic carbocycles. The summed E-state index contributed by atoms with van der Waals surface area (Å²) < 4.78 is 0. The van der Waals surface area contributed by atoms with Gasteiger partial charge in [-0.15, -0.1) is 11.3 Å². The average molecular weight is 275 g/mol. The molecule has 19 heavy (non-hydrogen) atoms. The maximum absolute atomic E-state index is 4.46. The van der Waals surface area contributed by atoms with Gasteiger partial charge in [-0.05, 0) is 32.1 Å². The standard InChI is InChI=1S/C15H21N3S/c1-12-11-19-15(17-12)9-16-8-13-6-4-5-7-14(13)10-18(2)3/h4-7,11,16H,8-10H2,1-3H3. The molecule has 0 atom stereocenters. The minimum absolute atomic E-state index is 0.842. The van der Waals surface area contributed by atoms with Gasteiger partial charge in [0.15, 0.2) is 0 Å². The van der Waals surface area contributed by atoms with E-state index in [2.05, 4.69) is 58.9 Å². The van der Waals surface area contributed by atoms with Gasteiger partial charge in [0, 0.05) is 30.7 Å². The summed E-state index contributed by atoms with van der Waals surface area (Å²) in [6, 6.07) is 8.60. The van der Waals surface area contributed by atoms with Gasteiger partial charge in [0.05, 0.1) is 0 Å². The van der Waals surface area contributed by atoms with Crippen molar-refractivity contribution in [2.75, 3.05) is 14.1 Å². The fraction of sp³-hybridized carbons (Fsp3) is 0.400. The quantitative estimate of drug-likeness (QED) is 0.878. The van der Waals surface area contributed by atoms with Crippen LogP contribution < -0.4 is 5.32 Å². The normalized spacial score (nSPS) is 11.2. The van der Waals surface area contributed by atoms with Crippen molar-refractivity contribution in [3.8, 4) is 0 Å². The number of hydrogen-bond donors (Lipinski definition) is 1. The molecule has 2 aromatic rings. The summed E-state index contributed by atoms with van der Waals surface area (Å²) in [5.74, 6) is 0. The summed E-state index contributed by atoms with van der Waals surface area (Å²) >= 11 is 1.72. The second kappa shape index (κ2) is 6.80. The molecule has 0 aliphatic carbocycles. The van der Waals surface area contributed by atoms with Crippen LogP contribution in [0.3, 0.4) is 0 Å². The van der Waals surface area contributed by atoms with Crippen LogP contribution in [-0.2, 0) is 19.6 Å². The molecule has 0 unspecified atom stereocenters. The molecule has 0 saturated heterocycles. The van der Waals surface area contributed by atoms with E-state index in [1.54, 1.807) is 11.3 Å². The van der Waals surface area contributed by atoms with Crippen molar-refractivity contribution < 1.29 is 0 Å². The van der Waals surface area contributed by atoms with Crippen LogP contribution in [0, 0.1) is 6.92 Å². The number of nitrogens with zero attached hydrogens (tertiary/aromatic N) is 2. The zero-order chi connectivity index (χ0) is 13.7. The molecule has 0 radical (unpaired) electrons. The summed E-state index contributed by atoms with van der Waals surface area (Å²) in [6.45, 7) is 4.75. The van der Waals surface area contributed by atoms with Crippen LogP contribution in [-0.4, -0.2) is 24.0 Å². The van der Waals surface area contributed by atoms with Crippen molar-refractivity contribution in [1.29, 1.82) is 0 Å². The molecule has 0 fully saturated rings. The number of aryl methyl sites for hydroxylation is 1. The molecule has 2 rings (SSSR count). The Morgan fingerprint density at radius 3 is 2.53 bits per heavy atom. The first kappa shape index (κ1) is 14.2. The molecule has 1 aromatic heterocycles. The third kappa shape index (κ3) is 4.42. The van der Waals surface area contributed by atoms with Crippen molar-refractivity contribution in [3.05, 3.63) is 51.5 Å². The lowest BCUT2D eigenvalue weighted by atomic mass is 10.1. The van der Waals surface area contributed by atoms with E-state index in [-0.39, 0.29) is 0 Å². The van der Waals surface area contributed by atoms with Gasteiger partial charge in [-0.3, -0.25) is 0 Å². The van der Waals surface area contributed by atoms with Gasteiger partial charge in [-0.1, -0.05) is 24.3 Å². The number of nitrogens with one attached hydrogen (secondary N) is 1. The molecule has 0 saturated carbocycles. The van der Waals surface area contributed by atoms with E-state index in [1.165, 1.54) is 11.1 Å². The van der Waals surface area contributed by atoms with Crippen LogP contribution in [0.25, 0.3) is 0 Å². The summed E-state index contributed by atoms with van der Waals surface area (Å²) in [4.78, 5) is 6.66. The lowest BCUT2D eigenvalue weighted by Crippen LogP contribution is -2.17. The molecule has 3 nitrogen and oxygen atoms in total. The van der Waals surface area contributed by atoms with E-state index >= 15 is 0 Å². The molecular weight excluding hydrogens is 254 g/mol. The van der Waals surface area contributed by atoms with Gasteiger partial charge in [-0.25, -0.2) is 4.98 Å². The van der Waals surface area contributed by atoms with Crippen LogP contribution >= 0.6 is 11.3 Å². The van der Waals surface area contributed by atoms with E-state index in [4.69, 9.17) is 0 Å². The predicted molar refractivity (Wildman–Crippen MR) is 81.2 cm³/mol. The van der Waals surface area contributed by atoms with Crippen molar-refractivity contribution >= 4 is 11.3 Å². The van der Waals surface area contributed by atoms with Gasteiger partial charge in [0.1, 0.15) is 5.01 Å². The van der Waals surface area contributed by atoms with Gasteiger partial charge < -0.3 is 10.2 Å². The second-order valence-electron chi connectivity index (χ2n) is 4.99. The van der Waals surface area contributed by atoms with E-state index in [1.807, 2.05) is 6.92 Å². The predicted octanol–water partition coefficient (Wildman–Crippen LogP) is 2.80. The smallest absolute Gasteiger partial charge is 0.107 e. The molecule has 0 aliphatic heterocycles. The van der Waals surface area contributed by atoms with Crippen molar-refractivity contribution in [1.82, 2.24) is 15.2 Å². The Kier molecular flexibility index (Phi) is 5.07. The van der Waals surface area contributed by atoms with Crippen molar-refractivity contribution in [3.63, 3.8) is 0 Å². The number of thiazole rings is 1. The first-order chi connectivity index (χ1) is 9.15. The molecule has 1 N–H and O–H groups in total. The highest BCUT2D eigenvalue weighted by atomic mass is 32.1. The monoisotopic (exact) mass is 275 g/mol. The van der Waals surface area contributed by atoms with Gasteiger partial charge >= 0.3 is 0 Å². The fourth-order valence-corrected chi connectivity index (χ4v) is 2.75. The van der Waals surface area contributed by atoms with E-state index < -0.39 is 0 Å². The Balaban J connectivity index is 1.92. The van der Waals surface area contributed by atoms with Crippen LogP contribution in [0.1, 0.15) is 21.8 Å². The molecule has 0 spiro atoms. The Bertz CT molecular complexity index is 520. The van der Waals surface area contributed by atoms with E-state index in [9.17, 15) is 0 Å². The Hall–Kier alpha value is -1.23. The van der Waals surface area contributed by atoms with Crippen LogP contribution in [0.4, 0.5) is 0 Å². The topological polar surface area (TPSA) is 28.2 Å². The van der Waals surface area contributed by atoms with E-state index in [0.717, 1.165) is 30.3 Å². The third-order valence-corrected chi connectivity index (χ3v) is 3.83. The second-order valence-corrected chi connectivity index (χ2v) is 5.94. The van der Waals surface area contributed by atoms with Crippen molar-refractivity contribution in [2.24, 2.45) is 0 Å². The average Bonchev–Trinajstić information content (AvgIpc) is 2.77. The molecule has 4 heteroatoms. The van der Waals surface area contributed by atoms with Gasteiger partial charge in [0.25, 0.3) is 0 Å². The number of hydrogen-bond acceptors (Lipinski definition) is 4. The summed E-state index contributed by atoms with van der Waals surface area (Å²) in [5.41, 5.74) is 3.86. The zero-order valence-corrected chi connectivity index (χ0v) is 12.6. The number of benzene rings is 1. The molecule has 0 bridgehead atoms. The lowest BCUT2D eigenvalue weighted by molar-refractivity contribution is 0.400. The first-order valence-corrected chi connectivity index (χ1v) is 7.36. The lowest BCUT2D eigenvalue weighted by Gasteiger charge is -2.14. The van der Waals surface area contributed by atoms with Crippen LogP contribution in [0.15, 0.2) is 29.6 Å². The molecular formula is C15H21N3S. The number of aromatic nitrogens is 1. The zero-order valence-electron chi connectivity index (χ0n) is 11.8. The SMILES string of the molecule is Cc1csc(CNCc2ccccc2CN(C)C)n1. The molecule has 0 amide bonds. The third-order valence-electron chi connectivity index (χ3n) is 2.86. The van der Waals surface area contributed by atoms with E-state index in [0.29, 0.717) is 0 Å². The van der Waals surface area contributed by atoms with Gasteiger partial charge in [-0.2, -0.15) is 0 Å². The highest BCUT2D eigenvalue weighted by Crippen LogP contribution is 2.12. The first-order valence-electron chi connectivity index (χ1n) is 6.48. The highest BCUT2D eigenvalue weighted by molar-refractivity contribution is 7.09. The highest BCUT2D eigenvalue weighted by Gasteiger charge is 2.03. The van der Waals surface area contributed by atoms with Gasteiger partial charge in [0.2, 0.25) is 0 Å². The fourth-order valence-electron chi connectivity index (χ4n) is 2.01. The van der Waals surface area contributed by atoms with Crippen molar-refractivity contribution in [2.45, 2.75) is 26.6 Å².